The average Bonchev–Trinajstić information content (AvgIpc) is 3.10. The second kappa shape index (κ2) is 7.68. The van der Waals surface area contributed by atoms with Gasteiger partial charge < -0.3 is 15.0 Å². The van der Waals surface area contributed by atoms with Gasteiger partial charge in [-0.1, -0.05) is 39.0 Å². The van der Waals surface area contributed by atoms with Gasteiger partial charge in [0.2, 0.25) is 5.91 Å². The Morgan fingerprint density at radius 2 is 1.68 bits per heavy atom. The van der Waals surface area contributed by atoms with E-state index in [1.165, 1.54) is 0 Å². The number of para-hydroxylation sites is 1. The van der Waals surface area contributed by atoms with E-state index in [-0.39, 0.29) is 18.3 Å². The van der Waals surface area contributed by atoms with Gasteiger partial charge in [0.05, 0.1) is 0 Å². The van der Waals surface area contributed by atoms with Crippen LogP contribution in [0.4, 0.5) is 5.69 Å². The Balaban J connectivity index is 1.58. The fourth-order valence-electron chi connectivity index (χ4n) is 2.53. The summed E-state index contributed by atoms with van der Waals surface area (Å²) < 4.78 is 5.12. The number of Topliss-reactive ketones (excluding diaryl/α,β-unsaturated/α-hetero) is 1. The van der Waals surface area contributed by atoms with E-state index < -0.39 is 11.4 Å². The molecule has 1 heterocycles. The first-order valence-corrected chi connectivity index (χ1v) is 8.93. The van der Waals surface area contributed by atoms with Crippen LogP contribution in [0.15, 0.2) is 54.6 Å². The van der Waals surface area contributed by atoms with Gasteiger partial charge >= 0.3 is 5.97 Å². The number of hydrogen-bond donors (Lipinski definition) is 2. The number of amides is 1. The third-order valence-corrected chi connectivity index (χ3v) is 4.23. The summed E-state index contributed by atoms with van der Waals surface area (Å²) in [6, 6.07) is 15.7. The van der Waals surface area contributed by atoms with Crippen molar-refractivity contribution in [1.29, 1.82) is 0 Å². The molecule has 6 nitrogen and oxygen atoms in total. The number of anilines is 1. The van der Waals surface area contributed by atoms with Gasteiger partial charge in [-0.05, 0) is 36.4 Å². The molecule has 1 amide bonds. The molecule has 0 aliphatic heterocycles. The Hall–Kier alpha value is -3.41. The van der Waals surface area contributed by atoms with Gasteiger partial charge in [-0.3, -0.25) is 9.59 Å². The number of hydrogen-bond acceptors (Lipinski definition) is 4. The van der Waals surface area contributed by atoms with Gasteiger partial charge in [0.25, 0.3) is 0 Å². The van der Waals surface area contributed by atoms with Gasteiger partial charge in [-0.25, -0.2) is 4.79 Å². The van der Waals surface area contributed by atoms with E-state index in [2.05, 4.69) is 10.3 Å². The topological polar surface area (TPSA) is 88.3 Å². The highest BCUT2D eigenvalue weighted by atomic mass is 16.5. The highest BCUT2D eigenvalue weighted by molar-refractivity contribution is 6.01. The molecule has 0 saturated heterocycles. The quantitative estimate of drug-likeness (QED) is 0.515. The number of nitrogens with one attached hydrogen (secondary N) is 2. The van der Waals surface area contributed by atoms with Crippen molar-refractivity contribution in [3.63, 3.8) is 0 Å². The molecule has 0 bridgehead atoms. The minimum Gasteiger partial charge on any atom is -0.453 e. The fraction of sp³-hybridized carbons (Fsp3) is 0.227. The molecule has 0 radical (unpaired) electrons. The number of esters is 1. The Bertz CT molecular complexity index is 994. The van der Waals surface area contributed by atoms with Crippen LogP contribution < -0.4 is 5.32 Å². The van der Waals surface area contributed by atoms with Gasteiger partial charge in [0, 0.05) is 27.6 Å². The van der Waals surface area contributed by atoms with Crippen LogP contribution in [0, 0.1) is 5.41 Å². The normalized spacial score (nSPS) is 11.2. The number of rotatable bonds is 5. The SMILES string of the molecule is CC(C)(C)C(=O)Nc1ccc(C(=O)COC(=O)c2cc3ccccc3[nH]2)cc1. The summed E-state index contributed by atoms with van der Waals surface area (Å²) in [7, 11) is 0. The summed E-state index contributed by atoms with van der Waals surface area (Å²) in [6.07, 6.45) is 0. The van der Waals surface area contributed by atoms with E-state index in [1.54, 1.807) is 30.3 Å². The van der Waals surface area contributed by atoms with E-state index in [9.17, 15) is 14.4 Å². The van der Waals surface area contributed by atoms with Crippen molar-refractivity contribution in [1.82, 2.24) is 4.98 Å². The van der Waals surface area contributed by atoms with Crippen molar-refractivity contribution in [2.75, 3.05) is 11.9 Å². The number of H-pyrrole nitrogens is 1. The summed E-state index contributed by atoms with van der Waals surface area (Å²) in [5.74, 6) is -1.02. The monoisotopic (exact) mass is 378 g/mol. The molecule has 2 aromatic carbocycles. The molecule has 144 valence electrons. The number of fused-ring (bicyclic) bond motifs is 1. The van der Waals surface area contributed by atoms with Crippen LogP contribution in [0.3, 0.4) is 0 Å². The highest BCUT2D eigenvalue weighted by Crippen LogP contribution is 2.18. The molecule has 0 aliphatic carbocycles. The molecule has 0 saturated carbocycles. The largest absolute Gasteiger partial charge is 0.453 e. The molecule has 1 aromatic heterocycles. The first kappa shape index (κ1) is 19.4. The predicted molar refractivity (Wildman–Crippen MR) is 107 cm³/mol. The molecule has 6 heteroatoms. The second-order valence-corrected chi connectivity index (χ2v) is 7.55. The molecular formula is C22H22N2O4. The molecule has 0 aliphatic rings. The van der Waals surface area contributed by atoms with E-state index in [0.29, 0.717) is 16.9 Å². The maximum Gasteiger partial charge on any atom is 0.355 e. The summed E-state index contributed by atoms with van der Waals surface area (Å²) in [5.41, 5.74) is 1.62. The zero-order valence-electron chi connectivity index (χ0n) is 16.0. The number of carbonyl (C=O) groups is 3. The third kappa shape index (κ3) is 4.46. The van der Waals surface area contributed by atoms with Crippen molar-refractivity contribution in [3.05, 3.63) is 65.9 Å². The van der Waals surface area contributed by atoms with Gasteiger partial charge in [-0.15, -0.1) is 0 Å². The van der Waals surface area contributed by atoms with Gasteiger partial charge in [0.1, 0.15) is 5.69 Å². The lowest BCUT2D eigenvalue weighted by Crippen LogP contribution is -2.27. The average molecular weight is 378 g/mol. The zero-order chi connectivity index (χ0) is 20.3. The van der Waals surface area contributed by atoms with Crippen LogP contribution in [-0.2, 0) is 9.53 Å². The lowest BCUT2D eigenvalue weighted by Gasteiger charge is -2.17. The number of carbonyl (C=O) groups excluding carboxylic acids is 3. The molecular weight excluding hydrogens is 356 g/mol. The third-order valence-electron chi connectivity index (χ3n) is 4.23. The number of aromatic amines is 1. The van der Waals surface area contributed by atoms with Crippen LogP contribution in [-0.4, -0.2) is 29.3 Å². The van der Waals surface area contributed by atoms with E-state index >= 15 is 0 Å². The van der Waals surface area contributed by atoms with Crippen molar-refractivity contribution < 1.29 is 19.1 Å². The molecule has 3 rings (SSSR count). The number of benzene rings is 2. The molecule has 2 N–H and O–H groups in total. The fourth-order valence-corrected chi connectivity index (χ4v) is 2.53. The minimum absolute atomic E-state index is 0.112. The maximum absolute atomic E-state index is 12.3. The van der Waals surface area contributed by atoms with Crippen molar-refractivity contribution in [2.24, 2.45) is 5.41 Å². The number of ketones is 1. The Morgan fingerprint density at radius 3 is 2.32 bits per heavy atom. The lowest BCUT2D eigenvalue weighted by molar-refractivity contribution is -0.123. The minimum atomic E-state index is -0.585. The van der Waals surface area contributed by atoms with Crippen molar-refractivity contribution in [3.8, 4) is 0 Å². The standard InChI is InChI=1S/C22H22N2O4/c1-22(2,3)21(27)23-16-10-8-14(9-11-16)19(25)13-28-20(26)18-12-15-6-4-5-7-17(15)24-18/h4-12,24H,13H2,1-3H3,(H,23,27). The highest BCUT2D eigenvalue weighted by Gasteiger charge is 2.21. The Kier molecular flexibility index (Phi) is 5.31. The molecule has 0 spiro atoms. The molecule has 0 unspecified atom stereocenters. The van der Waals surface area contributed by atoms with Crippen LogP contribution in [0.1, 0.15) is 41.6 Å². The van der Waals surface area contributed by atoms with Crippen LogP contribution in [0.5, 0.6) is 0 Å². The van der Waals surface area contributed by atoms with Crippen LogP contribution in [0.2, 0.25) is 0 Å². The van der Waals surface area contributed by atoms with Crippen molar-refractivity contribution in [2.45, 2.75) is 20.8 Å². The lowest BCUT2D eigenvalue weighted by atomic mass is 9.95. The van der Waals surface area contributed by atoms with Crippen LogP contribution >= 0.6 is 0 Å². The molecule has 28 heavy (non-hydrogen) atoms. The van der Waals surface area contributed by atoms with E-state index in [1.807, 2.05) is 45.0 Å². The smallest absolute Gasteiger partial charge is 0.355 e. The zero-order valence-corrected chi connectivity index (χ0v) is 16.0. The summed E-state index contributed by atoms with van der Waals surface area (Å²) >= 11 is 0. The molecule has 3 aromatic rings. The summed E-state index contributed by atoms with van der Waals surface area (Å²) in [6.45, 7) is 5.10. The summed E-state index contributed by atoms with van der Waals surface area (Å²) in [4.78, 5) is 39.4. The van der Waals surface area contributed by atoms with Gasteiger partial charge in [0.15, 0.2) is 12.4 Å². The van der Waals surface area contributed by atoms with E-state index in [4.69, 9.17) is 4.74 Å². The number of aromatic nitrogens is 1. The predicted octanol–water partition coefficient (Wildman–Crippen LogP) is 4.19. The molecule has 0 atom stereocenters. The first-order chi connectivity index (χ1) is 13.2. The number of ether oxygens (including phenoxy) is 1. The maximum atomic E-state index is 12.3. The Labute approximate surface area is 162 Å². The second-order valence-electron chi connectivity index (χ2n) is 7.55. The van der Waals surface area contributed by atoms with Crippen molar-refractivity contribution >= 4 is 34.3 Å². The molecule has 0 fully saturated rings. The van der Waals surface area contributed by atoms with Gasteiger partial charge in [-0.2, -0.15) is 0 Å². The summed E-state index contributed by atoms with van der Waals surface area (Å²) in [5, 5.41) is 3.69. The first-order valence-electron chi connectivity index (χ1n) is 8.93. The van der Waals surface area contributed by atoms with Crippen LogP contribution in [0.25, 0.3) is 10.9 Å². The van der Waals surface area contributed by atoms with E-state index in [0.717, 1.165) is 10.9 Å². The Morgan fingerprint density at radius 1 is 1.00 bits per heavy atom.